The second kappa shape index (κ2) is 7.82. The second-order valence-corrected chi connectivity index (χ2v) is 5.43. The van der Waals surface area contributed by atoms with Gasteiger partial charge in [-0.3, -0.25) is 4.79 Å². The monoisotopic (exact) mass is 263 g/mol. The van der Waals surface area contributed by atoms with Crippen molar-refractivity contribution in [2.45, 2.75) is 46.1 Å². The summed E-state index contributed by atoms with van der Waals surface area (Å²) in [4.78, 5) is 12.1. The minimum atomic E-state index is -0.0315. The van der Waals surface area contributed by atoms with Crippen LogP contribution in [0.2, 0.25) is 0 Å². The number of benzene rings is 1. The average Bonchev–Trinajstić information content (AvgIpc) is 2.38. The third-order valence-corrected chi connectivity index (χ3v) is 3.13. The minimum absolute atomic E-state index is 0.0315. The Kier molecular flexibility index (Phi) is 6.40. The number of hydrogen-bond acceptors (Lipinski definition) is 2. The maximum atomic E-state index is 12.1. The van der Waals surface area contributed by atoms with Crippen LogP contribution in [0.1, 0.15) is 50.4 Å². The van der Waals surface area contributed by atoms with Crippen molar-refractivity contribution in [3.8, 4) is 5.75 Å². The van der Waals surface area contributed by atoms with Gasteiger partial charge < -0.3 is 10.1 Å². The molecule has 1 aromatic rings. The lowest BCUT2D eigenvalue weighted by Gasteiger charge is -2.14. The molecule has 0 unspecified atom stereocenters. The van der Waals surface area contributed by atoms with Crippen LogP contribution >= 0.6 is 0 Å². The summed E-state index contributed by atoms with van der Waals surface area (Å²) in [7, 11) is 1.60. The Morgan fingerprint density at radius 3 is 2.63 bits per heavy atom. The first-order valence-corrected chi connectivity index (χ1v) is 6.98. The predicted octanol–water partition coefficient (Wildman–Crippen LogP) is 3.64. The molecule has 0 saturated heterocycles. The summed E-state index contributed by atoms with van der Waals surface area (Å²) in [5.74, 6) is 1.40. The molecule has 1 aromatic carbocycles. The fourth-order valence-electron chi connectivity index (χ4n) is 1.98. The van der Waals surface area contributed by atoms with Crippen molar-refractivity contribution in [3.63, 3.8) is 0 Å². The molecule has 19 heavy (non-hydrogen) atoms. The van der Waals surface area contributed by atoms with Crippen LogP contribution < -0.4 is 10.1 Å². The summed E-state index contributed by atoms with van der Waals surface area (Å²) in [6, 6.07) is 7.44. The van der Waals surface area contributed by atoms with Gasteiger partial charge in [-0.1, -0.05) is 32.8 Å². The number of amides is 1. The van der Waals surface area contributed by atoms with E-state index in [9.17, 15) is 4.79 Å². The highest BCUT2D eigenvalue weighted by Crippen LogP contribution is 2.13. The van der Waals surface area contributed by atoms with Crippen molar-refractivity contribution in [2.24, 2.45) is 5.92 Å². The minimum Gasteiger partial charge on any atom is -0.497 e. The molecule has 0 heterocycles. The molecule has 0 aliphatic rings. The summed E-state index contributed by atoms with van der Waals surface area (Å²) in [5, 5.41) is 3.03. The first kappa shape index (κ1) is 15.5. The second-order valence-electron chi connectivity index (χ2n) is 5.43. The van der Waals surface area contributed by atoms with Gasteiger partial charge in [-0.05, 0) is 37.5 Å². The van der Waals surface area contributed by atoms with Crippen molar-refractivity contribution in [3.05, 3.63) is 29.8 Å². The van der Waals surface area contributed by atoms with Crippen LogP contribution in [-0.4, -0.2) is 19.1 Å². The Labute approximate surface area is 116 Å². The predicted molar refractivity (Wildman–Crippen MR) is 78.6 cm³/mol. The van der Waals surface area contributed by atoms with Gasteiger partial charge in [0.25, 0.3) is 5.91 Å². The fraction of sp³-hybridized carbons (Fsp3) is 0.562. The van der Waals surface area contributed by atoms with Gasteiger partial charge in [0.05, 0.1) is 7.11 Å². The molecule has 0 fully saturated rings. The van der Waals surface area contributed by atoms with Crippen molar-refractivity contribution in [1.29, 1.82) is 0 Å². The van der Waals surface area contributed by atoms with Gasteiger partial charge >= 0.3 is 0 Å². The molecular formula is C16H25NO2. The third kappa shape index (κ3) is 5.77. The molecule has 1 atom stereocenters. The van der Waals surface area contributed by atoms with Crippen molar-refractivity contribution >= 4 is 5.91 Å². The van der Waals surface area contributed by atoms with Crippen LogP contribution in [0.3, 0.4) is 0 Å². The number of methoxy groups -OCH3 is 1. The molecule has 1 rings (SSSR count). The molecule has 3 nitrogen and oxygen atoms in total. The number of rotatable bonds is 7. The van der Waals surface area contributed by atoms with E-state index < -0.39 is 0 Å². The number of carbonyl (C=O) groups is 1. The quantitative estimate of drug-likeness (QED) is 0.815. The number of hydrogen-bond donors (Lipinski definition) is 1. The maximum Gasteiger partial charge on any atom is 0.251 e. The number of nitrogens with one attached hydrogen (secondary N) is 1. The highest BCUT2D eigenvalue weighted by Gasteiger charge is 2.10. The van der Waals surface area contributed by atoms with E-state index in [0.29, 0.717) is 11.3 Å². The zero-order valence-electron chi connectivity index (χ0n) is 12.4. The third-order valence-electron chi connectivity index (χ3n) is 3.13. The molecule has 3 heteroatoms. The van der Waals surface area contributed by atoms with Crippen LogP contribution in [-0.2, 0) is 0 Å². The molecular weight excluding hydrogens is 238 g/mol. The first-order valence-electron chi connectivity index (χ1n) is 6.98. The van der Waals surface area contributed by atoms with E-state index in [1.54, 1.807) is 19.2 Å². The lowest BCUT2D eigenvalue weighted by atomic mass is 10.0. The Bertz CT molecular complexity index is 401. The molecule has 1 N–H and O–H groups in total. The lowest BCUT2D eigenvalue weighted by molar-refractivity contribution is 0.0937. The molecule has 0 saturated carbocycles. The summed E-state index contributed by atoms with van der Waals surface area (Å²) >= 11 is 0. The van der Waals surface area contributed by atoms with Crippen molar-refractivity contribution < 1.29 is 9.53 Å². The van der Waals surface area contributed by atoms with E-state index in [1.165, 1.54) is 6.42 Å². The molecule has 0 radical (unpaired) electrons. The van der Waals surface area contributed by atoms with E-state index in [-0.39, 0.29) is 11.9 Å². The van der Waals surface area contributed by atoms with Gasteiger partial charge in [0, 0.05) is 11.6 Å². The molecule has 0 aliphatic heterocycles. The van der Waals surface area contributed by atoms with E-state index in [4.69, 9.17) is 4.74 Å². The van der Waals surface area contributed by atoms with Crippen LogP contribution in [0, 0.1) is 5.92 Å². The van der Waals surface area contributed by atoms with Gasteiger partial charge in [-0.25, -0.2) is 0 Å². The van der Waals surface area contributed by atoms with Gasteiger partial charge in [-0.2, -0.15) is 0 Å². The Balaban J connectivity index is 2.45. The first-order chi connectivity index (χ1) is 9.02. The Morgan fingerprint density at radius 2 is 2.00 bits per heavy atom. The number of ether oxygens (including phenoxy) is 1. The Morgan fingerprint density at radius 1 is 1.26 bits per heavy atom. The van der Waals surface area contributed by atoms with Gasteiger partial charge in [0.2, 0.25) is 0 Å². The van der Waals surface area contributed by atoms with Crippen molar-refractivity contribution in [1.82, 2.24) is 5.32 Å². The highest BCUT2D eigenvalue weighted by molar-refractivity contribution is 5.94. The molecule has 0 bridgehead atoms. The van der Waals surface area contributed by atoms with E-state index in [0.717, 1.165) is 18.8 Å². The van der Waals surface area contributed by atoms with Gasteiger partial charge in [0.1, 0.15) is 5.75 Å². The van der Waals surface area contributed by atoms with E-state index >= 15 is 0 Å². The van der Waals surface area contributed by atoms with Crippen molar-refractivity contribution in [2.75, 3.05) is 7.11 Å². The molecule has 1 amide bonds. The van der Waals surface area contributed by atoms with Crippen LogP contribution in [0.25, 0.3) is 0 Å². The summed E-state index contributed by atoms with van der Waals surface area (Å²) in [6.45, 7) is 6.50. The average molecular weight is 263 g/mol. The summed E-state index contributed by atoms with van der Waals surface area (Å²) in [6.07, 6.45) is 3.38. The standard InChI is InChI=1S/C16H25NO2/c1-12(2)7-5-8-13(3)17-16(18)14-9-6-10-15(11-14)19-4/h6,9-13H,5,7-8H2,1-4H3,(H,17,18)/t13-/m0/s1. The largest absolute Gasteiger partial charge is 0.497 e. The summed E-state index contributed by atoms with van der Waals surface area (Å²) in [5.41, 5.74) is 0.648. The SMILES string of the molecule is COc1cccc(C(=O)N[C@@H](C)CCCC(C)C)c1. The smallest absolute Gasteiger partial charge is 0.251 e. The molecule has 0 spiro atoms. The zero-order chi connectivity index (χ0) is 14.3. The lowest BCUT2D eigenvalue weighted by Crippen LogP contribution is -2.32. The summed E-state index contributed by atoms with van der Waals surface area (Å²) < 4.78 is 5.12. The van der Waals surface area contributed by atoms with Crippen LogP contribution in [0.15, 0.2) is 24.3 Å². The molecule has 106 valence electrons. The number of carbonyl (C=O) groups excluding carboxylic acids is 1. The van der Waals surface area contributed by atoms with Crippen LogP contribution in [0.5, 0.6) is 5.75 Å². The van der Waals surface area contributed by atoms with E-state index in [2.05, 4.69) is 26.1 Å². The Hall–Kier alpha value is -1.51. The maximum absolute atomic E-state index is 12.1. The zero-order valence-corrected chi connectivity index (χ0v) is 12.4. The molecule has 0 aliphatic carbocycles. The highest BCUT2D eigenvalue weighted by atomic mass is 16.5. The van der Waals surface area contributed by atoms with Crippen LogP contribution in [0.4, 0.5) is 0 Å². The van der Waals surface area contributed by atoms with E-state index in [1.807, 2.05) is 12.1 Å². The van der Waals surface area contributed by atoms with Gasteiger partial charge in [0.15, 0.2) is 0 Å². The normalized spacial score (nSPS) is 12.3. The fourth-order valence-corrected chi connectivity index (χ4v) is 1.98. The molecule has 0 aromatic heterocycles. The van der Waals surface area contributed by atoms with Gasteiger partial charge in [-0.15, -0.1) is 0 Å². The topological polar surface area (TPSA) is 38.3 Å².